The fraction of sp³-hybridized carbons (Fsp3) is 0.562. The van der Waals surface area contributed by atoms with Gasteiger partial charge in [-0.25, -0.2) is 14.8 Å². The lowest BCUT2D eigenvalue weighted by Crippen LogP contribution is -2.41. The molecule has 7 nitrogen and oxygen atoms in total. The maximum absolute atomic E-state index is 11.4. The molecule has 8 heteroatoms. The van der Waals surface area contributed by atoms with Crippen molar-refractivity contribution in [3.05, 3.63) is 18.1 Å². The Morgan fingerprint density at radius 1 is 1.38 bits per heavy atom. The van der Waals surface area contributed by atoms with Crippen LogP contribution in [0.1, 0.15) is 37.6 Å². The first-order chi connectivity index (χ1) is 11.0. The number of anilines is 1. The summed E-state index contributed by atoms with van der Waals surface area (Å²) in [7, 11) is -1.77. The van der Waals surface area contributed by atoms with Gasteiger partial charge in [0.05, 0.1) is 11.8 Å². The number of pyridine rings is 1. The van der Waals surface area contributed by atoms with Crippen LogP contribution in [0.25, 0.3) is 11.0 Å². The lowest BCUT2D eigenvalue weighted by atomic mass is 10.2. The van der Waals surface area contributed by atoms with Crippen LogP contribution in [0.4, 0.5) is 5.82 Å². The van der Waals surface area contributed by atoms with Gasteiger partial charge in [-0.05, 0) is 24.6 Å². The number of aromatic nitrogens is 3. The Morgan fingerprint density at radius 3 is 2.62 bits per heavy atom. The third-order valence-corrected chi connectivity index (χ3v) is 9.25. The van der Waals surface area contributed by atoms with E-state index in [1.807, 2.05) is 4.57 Å². The Labute approximate surface area is 143 Å². The number of carboxylic acids is 1. The summed E-state index contributed by atoms with van der Waals surface area (Å²) >= 11 is 0. The summed E-state index contributed by atoms with van der Waals surface area (Å²) in [6.07, 6.45) is 3.67. The average molecular weight is 350 g/mol. The normalized spacial score (nSPS) is 12.7. The second-order valence-electron chi connectivity index (χ2n) is 7.46. The third kappa shape index (κ3) is 3.59. The van der Waals surface area contributed by atoms with E-state index in [0.717, 1.165) is 6.42 Å². The van der Waals surface area contributed by atoms with Gasteiger partial charge in [0.1, 0.15) is 11.1 Å². The van der Waals surface area contributed by atoms with E-state index in [0.29, 0.717) is 24.2 Å². The second kappa shape index (κ2) is 6.52. The summed E-state index contributed by atoms with van der Waals surface area (Å²) in [4.78, 5) is 19.5. The number of hydrogen-bond donors (Lipinski definition) is 2. The highest BCUT2D eigenvalue weighted by Crippen LogP contribution is 2.36. The van der Waals surface area contributed by atoms with Crippen LogP contribution in [0, 0.1) is 0 Å². The average Bonchev–Trinajstić information content (AvgIpc) is 2.87. The van der Waals surface area contributed by atoms with E-state index < -0.39 is 14.3 Å². The zero-order valence-electron chi connectivity index (χ0n) is 15.0. The molecule has 0 radical (unpaired) electrons. The molecule has 132 valence electrons. The Morgan fingerprint density at radius 2 is 2.04 bits per heavy atom. The summed E-state index contributed by atoms with van der Waals surface area (Å²) in [5.41, 5.74) is 6.86. The molecule has 2 heterocycles. The lowest BCUT2D eigenvalue weighted by Gasteiger charge is -2.36. The quantitative estimate of drug-likeness (QED) is 0.613. The number of carboxylic acid groups (broad SMARTS) is 1. The number of nitrogens with two attached hydrogens (primary N) is 1. The number of fused-ring (bicyclic) bond motifs is 1. The molecule has 0 fully saturated rings. The van der Waals surface area contributed by atoms with Gasteiger partial charge >= 0.3 is 5.97 Å². The van der Waals surface area contributed by atoms with E-state index in [9.17, 15) is 9.90 Å². The zero-order chi connectivity index (χ0) is 18.1. The standard InChI is InChI=1S/C16H26N4O3Si/c1-16(2,3)24(4,5)23-8-6-7-20-10-19-12-13(20)11(15(21)22)9-18-14(12)17/h9-10H,6-8H2,1-5H3,(H2,17,18)(H,21,22). The molecule has 0 atom stereocenters. The maximum atomic E-state index is 11.4. The van der Waals surface area contributed by atoms with Gasteiger partial charge in [0, 0.05) is 19.3 Å². The molecular weight excluding hydrogens is 324 g/mol. The Bertz CT molecular complexity index is 750. The van der Waals surface area contributed by atoms with Gasteiger partial charge in [0.15, 0.2) is 14.1 Å². The van der Waals surface area contributed by atoms with Gasteiger partial charge in [-0.1, -0.05) is 20.8 Å². The Balaban J connectivity index is 2.12. The minimum Gasteiger partial charge on any atom is -0.478 e. The molecule has 0 bridgehead atoms. The van der Waals surface area contributed by atoms with Crippen LogP contribution in [0.3, 0.4) is 0 Å². The van der Waals surface area contributed by atoms with Crippen molar-refractivity contribution in [1.82, 2.24) is 14.5 Å². The van der Waals surface area contributed by atoms with Crippen molar-refractivity contribution in [2.24, 2.45) is 0 Å². The molecule has 0 saturated heterocycles. The SMILES string of the molecule is CC(C)(C)[Si](C)(C)OCCCn1cnc2c(N)ncc(C(=O)O)c21. The molecule has 2 aromatic heterocycles. The minimum absolute atomic E-state index is 0.113. The van der Waals surface area contributed by atoms with Crippen molar-refractivity contribution in [2.45, 2.75) is 51.9 Å². The van der Waals surface area contributed by atoms with Gasteiger partial charge in [0.2, 0.25) is 0 Å². The summed E-state index contributed by atoms with van der Waals surface area (Å²) in [6.45, 7) is 12.3. The molecule has 3 N–H and O–H groups in total. The minimum atomic E-state index is -1.77. The molecule has 0 amide bonds. The highest BCUT2D eigenvalue weighted by Gasteiger charge is 2.36. The van der Waals surface area contributed by atoms with Crippen LogP contribution in [-0.4, -0.2) is 40.5 Å². The first kappa shape index (κ1) is 18.4. The van der Waals surface area contributed by atoms with Gasteiger partial charge in [-0.15, -0.1) is 0 Å². The number of aromatic carboxylic acids is 1. The number of nitrogen functional groups attached to an aromatic ring is 1. The van der Waals surface area contributed by atoms with Crippen molar-refractivity contribution in [3.8, 4) is 0 Å². The number of hydrogen-bond acceptors (Lipinski definition) is 5. The molecule has 0 spiro atoms. The number of imidazole rings is 1. The van der Waals surface area contributed by atoms with Crippen LogP contribution in [-0.2, 0) is 11.0 Å². The predicted octanol–water partition coefficient (Wildman–Crippen LogP) is 3.12. The molecule has 24 heavy (non-hydrogen) atoms. The van der Waals surface area contributed by atoms with Crippen LogP contribution >= 0.6 is 0 Å². The molecular formula is C16H26N4O3Si. The first-order valence-corrected chi connectivity index (χ1v) is 10.9. The lowest BCUT2D eigenvalue weighted by molar-refractivity contribution is 0.0698. The van der Waals surface area contributed by atoms with Crippen LogP contribution in [0.15, 0.2) is 12.5 Å². The molecule has 0 unspecified atom stereocenters. The van der Waals surface area contributed by atoms with Crippen molar-refractivity contribution in [2.75, 3.05) is 12.3 Å². The summed E-state index contributed by atoms with van der Waals surface area (Å²) in [5.74, 6) is -0.793. The van der Waals surface area contributed by atoms with E-state index in [1.165, 1.54) is 6.20 Å². The third-order valence-electron chi connectivity index (χ3n) is 4.71. The zero-order valence-corrected chi connectivity index (χ0v) is 16.0. The predicted molar refractivity (Wildman–Crippen MR) is 96.7 cm³/mol. The maximum Gasteiger partial charge on any atom is 0.339 e. The Hall–Kier alpha value is -1.93. The smallest absolute Gasteiger partial charge is 0.339 e. The summed E-state index contributed by atoms with van der Waals surface area (Å²) in [6, 6.07) is 0. The van der Waals surface area contributed by atoms with E-state index in [4.69, 9.17) is 10.2 Å². The van der Waals surface area contributed by atoms with Crippen molar-refractivity contribution < 1.29 is 14.3 Å². The number of carbonyl (C=O) groups is 1. The van der Waals surface area contributed by atoms with Crippen LogP contribution in [0.5, 0.6) is 0 Å². The topological polar surface area (TPSA) is 103 Å². The number of nitrogens with zero attached hydrogens (tertiary/aromatic N) is 3. The number of rotatable bonds is 6. The molecule has 0 aromatic carbocycles. The molecule has 0 aliphatic heterocycles. The van der Waals surface area contributed by atoms with Gasteiger partial charge < -0.3 is 19.8 Å². The monoisotopic (exact) mass is 350 g/mol. The fourth-order valence-corrected chi connectivity index (χ4v) is 3.30. The molecule has 0 aliphatic carbocycles. The van der Waals surface area contributed by atoms with Gasteiger partial charge in [-0.2, -0.15) is 0 Å². The number of aryl methyl sites for hydroxylation is 1. The molecule has 2 aromatic rings. The van der Waals surface area contributed by atoms with Crippen molar-refractivity contribution in [1.29, 1.82) is 0 Å². The molecule has 0 aliphatic rings. The van der Waals surface area contributed by atoms with Crippen LogP contribution < -0.4 is 5.73 Å². The van der Waals surface area contributed by atoms with Gasteiger partial charge in [0.25, 0.3) is 0 Å². The largest absolute Gasteiger partial charge is 0.478 e. The van der Waals surface area contributed by atoms with Gasteiger partial charge in [-0.3, -0.25) is 0 Å². The Kier molecular flexibility index (Phi) is 5.00. The van der Waals surface area contributed by atoms with E-state index >= 15 is 0 Å². The summed E-state index contributed by atoms with van der Waals surface area (Å²) < 4.78 is 7.97. The molecule has 2 rings (SSSR count). The first-order valence-electron chi connectivity index (χ1n) is 8.01. The van der Waals surface area contributed by atoms with Crippen LogP contribution in [0.2, 0.25) is 18.1 Å². The highest BCUT2D eigenvalue weighted by molar-refractivity contribution is 6.74. The van der Waals surface area contributed by atoms with Crippen molar-refractivity contribution >= 4 is 31.1 Å². The molecule has 0 saturated carbocycles. The summed E-state index contributed by atoms with van der Waals surface area (Å²) in [5, 5.41) is 9.52. The van der Waals surface area contributed by atoms with E-state index in [2.05, 4.69) is 43.8 Å². The second-order valence-corrected chi connectivity index (χ2v) is 12.3. The van der Waals surface area contributed by atoms with Crippen molar-refractivity contribution in [3.63, 3.8) is 0 Å². The highest BCUT2D eigenvalue weighted by atomic mass is 28.4. The van der Waals surface area contributed by atoms with E-state index in [-0.39, 0.29) is 16.4 Å². The van der Waals surface area contributed by atoms with E-state index in [1.54, 1.807) is 6.33 Å². The fourth-order valence-electron chi connectivity index (χ4n) is 2.21.